The van der Waals surface area contributed by atoms with Crippen LogP contribution in [0.4, 0.5) is 11.4 Å². The van der Waals surface area contributed by atoms with Crippen LogP contribution in [0.15, 0.2) is 66.7 Å². The first-order valence-corrected chi connectivity index (χ1v) is 8.29. The quantitative estimate of drug-likeness (QED) is 0.434. The predicted octanol–water partition coefficient (Wildman–Crippen LogP) is 2.18. The van der Waals surface area contributed by atoms with Gasteiger partial charge in [0.15, 0.2) is 0 Å². The van der Waals surface area contributed by atoms with Gasteiger partial charge in [-0.2, -0.15) is 4.57 Å². The molecule has 0 radical (unpaired) electrons. The fourth-order valence-corrected chi connectivity index (χ4v) is 3.45. The van der Waals surface area contributed by atoms with Crippen LogP contribution in [0.2, 0.25) is 0 Å². The Morgan fingerprint density at radius 3 is 1.88 bits per heavy atom. The number of benzene rings is 3. The van der Waals surface area contributed by atoms with Crippen LogP contribution in [0.25, 0.3) is 21.8 Å². The summed E-state index contributed by atoms with van der Waals surface area (Å²) >= 11 is 0. The molecule has 0 saturated carbocycles. The maximum absolute atomic E-state index is 3.70. The van der Waals surface area contributed by atoms with Crippen LogP contribution in [0.5, 0.6) is 0 Å². The second kappa shape index (κ2) is 6.73. The minimum Gasteiger partial charge on any atom is -1.00 e. The molecule has 0 spiro atoms. The van der Waals surface area contributed by atoms with Crippen molar-refractivity contribution in [2.75, 3.05) is 5.32 Å². The van der Waals surface area contributed by atoms with Gasteiger partial charge in [0.25, 0.3) is 0 Å². The van der Waals surface area contributed by atoms with Gasteiger partial charge in [0, 0.05) is 17.8 Å². The highest BCUT2D eigenvalue weighted by Gasteiger charge is 2.17. The smallest absolute Gasteiger partial charge is 0.214 e. The summed E-state index contributed by atoms with van der Waals surface area (Å²) in [7, 11) is 2.13. The summed E-state index contributed by atoms with van der Waals surface area (Å²) in [5, 5.41) is 6.17. The molecule has 2 nitrogen and oxygen atoms in total. The van der Waals surface area contributed by atoms with Gasteiger partial charge in [-0.25, -0.2) is 0 Å². The van der Waals surface area contributed by atoms with E-state index in [1.54, 1.807) is 0 Å². The van der Waals surface area contributed by atoms with E-state index < -0.39 is 0 Å². The lowest BCUT2D eigenvalue weighted by atomic mass is 10.1. The van der Waals surface area contributed by atoms with Crippen molar-refractivity contribution in [2.24, 2.45) is 7.05 Å². The number of nitrogens with zero attached hydrogens (tertiary/aromatic N) is 1. The van der Waals surface area contributed by atoms with Gasteiger partial charge in [-0.05, 0) is 37.6 Å². The van der Waals surface area contributed by atoms with Gasteiger partial charge in [-0.3, -0.25) is 0 Å². The number of nitrogens with one attached hydrogen (secondary N) is 1. The highest BCUT2D eigenvalue weighted by molar-refractivity contribution is 6.06. The van der Waals surface area contributed by atoms with Gasteiger partial charge in [-0.15, -0.1) is 0 Å². The number of fused-ring (bicyclic) bond motifs is 2. The van der Waals surface area contributed by atoms with Crippen molar-refractivity contribution in [3.8, 4) is 0 Å². The number of halogens is 1. The third kappa shape index (κ3) is 2.94. The van der Waals surface area contributed by atoms with Gasteiger partial charge in [0.05, 0.1) is 16.5 Å². The third-order valence-electron chi connectivity index (χ3n) is 4.71. The number of pyridine rings is 1. The first-order valence-electron chi connectivity index (χ1n) is 8.29. The molecule has 0 bridgehead atoms. The van der Waals surface area contributed by atoms with Gasteiger partial charge in [0.2, 0.25) is 11.0 Å². The Hall–Kier alpha value is -2.58. The Morgan fingerprint density at radius 2 is 1.32 bits per heavy atom. The summed E-state index contributed by atoms with van der Waals surface area (Å²) in [6, 6.07) is 23.7. The molecule has 0 aliphatic carbocycles. The normalized spacial score (nSPS) is 10.7. The third-order valence-corrected chi connectivity index (χ3v) is 4.71. The van der Waals surface area contributed by atoms with Gasteiger partial charge >= 0.3 is 0 Å². The Balaban J connectivity index is 0.00000182. The van der Waals surface area contributed by atoms with E-state index in [1.807, 2.05) is 0 Å². The summed E-state index contributed by atoms with van der Waals surface area (Å²) in [4.78, 5) is 0. The molecule has 0 unspecified atom stereocenters. The van der Waals surface area contributed by atoms with Crippen LogP contribution in [0.3, 0.4) is 0 Å². The summed E-state index contributed by atoms with van der Waals surface area (Å²) < 4.78 is 2.26. The van der Waals surface area contributed by atoms with Crippen LogP contribution in [0.1, 0.15) is 11.1 Å². The molecular formula is C22H21ClN2. The zero-order valence-corrected chi connectivity index (χ0v) is 15.4. The van der Waals surface area contributed by atoms with E-state index in [0.717, 1.165) is 5.69 Å². The second-order valence-electron chi connectivity index (χ2n) is 6.41. The topological polar surface area (TPSA) is 15.9 Å². The van der Waals surface area contributed by atoms with Crippen molar-refractivity contribution in [1.82, 2.24) is 0 Å². The predicted molar refractivity (Wildman–Crippen MR) is 102 cm³/mol. The number of aryl methyl sites for hydroxylation is 3. The summed E-state index contributed by atoms with van der Waals surface area (Å²) in [5.74, 6) is 0. The SMILES string of the molecule is Cc1ccc(Nc2c3ccccc3[n+](C)c3ccccc23)c(C)c1.[Cl-]. The molecule has 4 rings (SSSR count). The van der Waals surface area contributed by atoms with E-state index in [1.165, 1.54) is 38.6 Å². The molecule has 0 amide bonds. The standard InChI is InChI=1S/C22H20N2.ClH/c1-15-12-13-19(16(2)14-15)23-22-17-8-4-6-10-20(17)24(3)21-11-7-5-9-18(21)22;/h4-14H,1-3H3;1H. The van der Waals surface area contributed by atoms with Crippen molar-refractivity contribution < 1.29 is 17.0 Å². The lowest BCUT2D eigenvalue weighted by molar-refractivity contribution is -0.617. The Morgan fingerprint density at radius 1 is 0.760 bits per heavy atom. The molecule has 3 heteroatoms. The number of hydrogen-bond acceptors (Lipinski definition) is 1. The molecule has 0 aliphatic rings. The van der Waals surface area contributed by atoms with Crippen LogP contribution in [0, 0.1) is 13.8 Å². The molecular weight excluding hydrogens is 328 g/mol. The van der Waals surface area contributed by atoms with Gasteiger partial charge in [-0.1, -0.05) is 42.0 Å². The van der Waals surface area contributed by atoms with E-state index in [0.29, 0.717) is 0 Å². The van der Waals surface area contributed by atoms with Crippen molar-refractivity contribution in [2.45, 2.75) is 13.8 Å². The van der Waals surface area contributed by atoms with E-state index in [-0.39, 0.29) is 12.4 Å². The van der Waals surface area contributed by atoms with Crippen LogP contribution in [-0.4, -0.2) is 0 Å². The molecule has 126 valence electrons. The highest BCUT2D eigenvalue weighted by atomic mass is 35.5. The number of aromatic nitrogens is 1. The second-order valence-corrected chi connectivity index (χ2v) is 6.41. The molecule has 1 heterocycles. The zero-order valence-electron chi connectivity index (χ0n) is 14.7. The summed E-state index contributed by atoms with van der Waals surface area (Å²) in [6.07, 6.45) is 0. The molecule has 1 N–H and O–H groups in total. The van der Waals surface area contributed by atoms with Crippen molar-refractivity contribution in [3.63, 3.8) is 0 Å². The molecule has 4 aromatic rings. The molecule has 25 heavy (non-hydrogen) atoms. The van der Waals surface area contributed by atoms with E-state index in [4.69, 9.17) is 0 Å². The van der Waals surface area contributed by atoms with Crippen LogP contribution < -0.4 is 22.3 Å². The van der Waals surface area contributed by atoms with E-state index in [2.05, 4.69) is 97.5 Å². The minimum absolute atomic E-state index is 0. The lowest BCUT2D eigenvalue weighted by Crippen LogP contribution is -3.00. The summed E-state index contributed by atoms with van der Waals surface area (Å²) in [6.45, 7) is 4.28. The molecule has 0 fully saturated rings. The maximum Gasteiger partial charge on any atom is 0.214 e. The van der Waals surface area contributed by atoms with Crippen LogP contribution >= 0.6 is 0 Å². The number of hydrogen-bond donors (Lipinski definition) is 1. The minimum atomic E-state index is 0. The van der Waals surface area contributed by atoms with Gasteiger partial charge in [0.1, 0.15) is 7.05 Å². The molecule has 3 aromatic carbocycles. The largest absolute Gasteiger partial charge is 1.00 e. The van der Waals surface area contributed by atoms with Crippen molar-refractivity contribution in [1.29, 1.82) is 0 Å². The van der Waals surface area contributed by atoms with Crippen molar-refractivity contribution in [3.05, 3.63) is 77.9 Å². The molecule has 0 aliphatic heterocycles. The number of rotatable bonds is 2. The monoisotopic (exact) mass is 348 g/mol. The molecule has 0 atom stereocenters. The van der Waals surface area contributed by atoms with Crippen LogP contribution in [-0.2, 0) is 7.05 Å². The lowest BCUT2D eigenvalue weighted by Gasteiger charge is -2.14. The first kappa shape index (κ1) is 17.2. The number of para-hydroxylation sites is 2. The zero-order chi connectivity index (χ0) is 16.7. The highest BCUT2D eigenvalue weighted by Crippen LogP contribution is 2.33. The fourth-order valence-electron chi connectivity index (χ4n) is 3.45. The first-order chi connectivity index (χ1) is 11.6. The maximum atomic E-state index is 3.70. The van der Waals surface area contributed by atoms with E-state index >= 15 is 0 Å². The molecule has 0 saturated heterocycles. The average Bonchev–Trinajstić information content (AvgIpc) is 2.60. The van der Waals surface area contributed by atoms with E-state index in [9.17, 15) is 0 Å². The Kier molecular flexibility index (Phi) is 4.65. The molecule has 1 aromatic heterocycles. The number of anilines is 2. The van der Waals surface area contributed by atoms with Crippen molar-refractivity contribution >= 4 is 33.2 Å². The summed E-state index contributed by atoms with van der Waals surface area (Å²) in [5.41, 5.74) is 7.33. The average molecular weight is 349 g/mol. The van der Waals surface area contributed by atoms with Gasteiger partial charge < -0.3 is 17.7 Å². The fraction of sp³-hybridized carbons (Fsp3) is 0.136. The Labute approximate surface area is 154 Å². The Bertz CT molecular complexity index is 1010.